The third-order valence-electron chi connectivity index (χ3n) is 7.11. The summed E-state index contributed by atoms with van der Waals surface area (Å²) in [6.07, 6.45) is 0. The lowest BCUT2D eigenvalue weighted by Gasteiger charge is -2.37. The quantitative estimate of drug-likeness (QED) is 0.395. The lowest BCUT2D eigenvalue weighted by molar-refractivity contribution is 0.0746. The van der Waals surface area contributed by atoms with Gasteiger partial charge in [-0.1, -0.05) is 29.8 Å². The van der Waals surface area contributed by atoms with Crippen molar-refractivity contribution in [3.8, 4) is 11.5 Å². The average Bonchev–Trinajstić information content (AvgIpc) is 2.96. The van der Waals surface area contributed by atoms with E-state index in [2.05, 4.69) is 16.8 Å². The van der Waals surface area contributed by atoms with Crippen molar-refractivity contribution in [2.75, 3.05) is 45.3 Å². The number of carbonyl (C=O) groups is 1. The number of aromatic amines is 1. The van der Waals surface area contributed by atoms with E-state index in [-0.39, 0.29) is 12.5 Å². The number of rotatable bonds is 6. The summed E-state index contributed by atoms with van der Waals surface area (Å²) in [5.74, 6) is 0.761. The number of nitrogens with zero attached hydrogens (tertiary/aromatic N) is 3. The number of benzene rings is 3. The van der Waals surface area contributed by atoms with Crippen molar-refractivity contribution in [2.45, 2.75) is 13.5 Å². The topological polar surface area (TPSA) is 96.9 Å². The van der Waals surface area contributed by atoms with Crippen LogP contribution in [0.15, 0.2) is 64.2 Å². The van der Waals surface area contributed by atoms with Gasteiger partial charge in [0.1, 0.15) is 0 Å². The number of methoxy groups -OCH3 is 2. The Kier molecular flexibility index (Phi) is 7.34. The second-order valence-corrected chi connectivity index (χ2v) is 9.92. The molecule has 0 spiro atoms. The summed E-state index contributed by atoms with van der Waals surface area (Å²) in [6, 6.07) is 16.0. The maximum atomic E-state index is 13.2. The van der Waals surface area contributed by atoms with Gasteiger partial charge in [-0.25, -0.2) is 4.79 Å². The zero-order valence-corrected chi connectivity index (χ0v) is 22.7. The predicted octanol–water partition coefficient (Wildman–Crippen LogP) is 3.68. The van der Waals surface area contributed by atoms with Crippen molar-refractivity contribution in [1.82, 2.24) is 14.5 Å². The second-order valence-electron chi connectivity index (χ2n) is 9.48. The van der Waals surface area contributed by atoms with E-state index in [4.69, 9.17) is 21.1 Å². The fourth-order valence-corrected chi connectivity index (χ4v) is 5.08. The maximum Gasteiger partial charge on any atom is 0.329 e. The summed E-state index contributed by atoms with van der Waals surface area (Å²) in [7, 11) is 2.97. The van der Waals surface area contributed by atoms with Gasteiger partial charge in [-0.05, 0) is 48.4 Å². The number of amides is 1. The summed E-state index contributed by atoms with van der Waals surface area (Å²) < 4.78 is 11.7. The van der Waals surface area contributed by atoms with E-state index < -0.39 is 11.2 Å². The Morgan fingerprint density at radius 2 is 1.59 bits per heavy atom. The Hall–Kier alpha value is -4.24. The molecule has 0 radical (unpaired) electrons. The Morgan fingerprint density at radius 3 is 2.26 bits per heavy atom. The summed E-state index contributed by atoms with van der Waals surface area (Å²) in [5.41, 5.74) is 2.91. The number of carbonyl (C=O) groups excluding carboxylic acids is 1. The molecule has 5 rings (SSSR count). The zero-order valence-electron chi connectivity index (χ0n) is 22.0. The molecule has 202 valence electrons. The minimum Gasteiger partial charge on any atom is -0.493 e. The van der Waals surface area contributed by atoms with Gasteiger partial charge in [0.25, 0.3) is 11.5 Å². The number of halogens is 1. The lowest BCUT2D eigenvalue weighted by Crippen LogP contribution is -2.49. The molecule has 1 fully saturated rings. The van der Waals surface area contributed by atoms with E-state index in [0.717, 1.165) is 34.5 Å². The monoisotopic (exact) mass is 548 g/mol. The molecule has 1 saturated heterocycles. The summed E-state index contributed by atoms with van der Waals surface area (Å²) in [6.45, 7) is 4.75. The molecule has 1 aliphatic rings. The highest BCUT2D eigenvalue weighted by Crippen LogP contribution is 2.29. The van der Waals surface area contributed by atoms with Gasteiger partial charge in [0.05, 0.1) is 31.7 Å². The molecule has 2 heterocycles. The van der Waals surface area contributed by atoms with Crippen LogP contribution in [0, 0.1) is 6.92 Å². The molecule has 9 nitrogen and oxygen atoms in total. The first kappa shape index (κ1) is 26.4. The number of nitrogens with one attached hydrogen (secondary N) is 1. The first-order chi connectivity index (χ1) is 18.8. The zero-order chi connectivity index (χ0) is 27.7. The third-order valence-corrected chi connectivity index (χ3v) is 7.34. The highest BCUT2D eigenvalue weighted by Gasteiger charge is 2.23. The maximum absolute atomic E-state index is 13.2. The van der Waals surface area contributed by atoms with Gasteiger partial charge in [-0.2, -0.15) is 0 Å². The average molecular weight is 549 g/mol. The van der Waals surface area contributed by atoms with Crippen molar-refractivity contribution < 1.29 is 14.3 Å². The number of aromatic nitrogens is 2. The fourth-order valence-electron chi connectivity index (χ4n) is 4.91. The lowest BCUT2D eigenvalue weighted by atomic mass is 10.1. The number of hydrogen-bond acceptors (Lipinski definition) is 6. The summed E-state index contributed by atoms with van der Waals surface area (Å²) in [4.78, 5) is 45.9. The minimum absolute atomic E-state index is 0.0502. The van der Waals surface area contributed by atoms with E-state index in [0.29, 0.717) is 46.1 Å². The first-order valence-electron chi connectivity index (χ1n) is 12.6. The van der Waals surface area contributed by atoms with Crippen molar-refractivity contribution in [3.05, 3.63) is 97.1 Å². The van der Waals surface area contributed by atoms with Crippen LogP contribution in [0.5, 0.6) is 11.5 Å². The van der Waals surface area contributed by atoms with Gasteiger partial charge >= 0.3 is 5.69 Å². The number of piperazine rings is 1. The van der Waals surface area contributed by atoms with E-state index in [9.17, 15) is 14.4 Å². The summed E-state index contributed by atoms with van der Waals surface area (Å²) >= 11 is 6.19. The van der Waals surface area contributed by atoms with Gasteiger partial charge in [-0.3, -0.25) is 14.2 Å². The van der Waals surface area contributed by atoms with Crippen molar-refractivity contribution >= 4 is 34.1 Å². The van der Waals surface area contributed by atoms with Crippen LogP contribution in [0.3, 0.4) is 0 Å². The molecule has 0 atom stereocenters. The van der Waals surface area contributed by atoms with Crippen LogP contribution in [0.25, 0.3) is 10.9 Å². The third kappa shape index (κ3) is 5.22. The number of fused-ring (bicyclic) bond motifs is 1. The predicted molar refractivity (Wildman–Crippen MR) is 152 cm³/mol. The van der Waals surface area contributed by atoms with Crippen molar-refractivity contribution in [3.63, 3.8) is 0 Å². The number of ether oxygens (including phenoxy) is 2. The van der Waals surface area contributed by atoms with Gasteiger partial charge in [0.2, 0.25) is 0 Å². The molecule has 0 aliphatic carbocycles. The Bertz CT molecular complexity index is 1650. The van der Waals surface area contributed by atoms with Crippen LogP contribution >= 0.6 is 11.6 Å². The van der Waals surface area contributed by atoms with Gasteiger partial charge in [0.15, 0.2) is 11.5 Å². The molecule has 3 aromatic carbocycles. The van der Waals surface area contributed by atoms with Crippen LogP contribution < -0.4 is 25.6 Å². The van der Waals surface area contributed by atoms with Gasteiger partial charge in [0, 0.05) is 48.5 Å². The van der Waals surface area contributed by atoms with E-state index in [1.807, 2.05) is 23.1 Å². The Morgan fingerprint density at radius 1 is 0.923 bits per heavy atom. The minimum atomic E-state index is -0.535. The van der Waals surface area contributed by atoms with Gasteiger partial charge < -0.3 is 24.3 Å². The molecule has 39 heavy (non-hydrogen) atoms. The van der Waals surface area contributed by atoms with Crippen LogP contribution in [0.2, 0.25) is 5.02 Å². The van der Waals surface area contributed by atoms with Crippen LogP contribution in [0.1, 0.15) is 21.5 Å². The van der Waals surface area contributed by atoms with Crippen molar-refractivity contribution in [2.24, 2.45) is 0 Å². The molecule has 1 aliphatic heterocycles. The molecule has 4 aromatic rings. The second kappa shape index (κ2) is 10.9. The number of anilines is 1. The smallest absolute Gasteiger partial charge is 0.329 e. The summed E-state index contributed by atoms with van der Waals surface area (Å²) in [5, 5.41) is 1.01. The molecule has 0 saturated carbocycles. The fraction of sp³-hybridized carbons (Fsp3) is 0.276. The van der Waals surface area contributed by atoms with Gasteiger partial charge in [-0.15, -0.1) is 0 Å². The van der Waals surface area contributed by atoms with E-state index in [1.54, 1.807) is 36.4 Å². The largest absolute Gasteiger partial charge is 0.493 e. The normalized spacial score (nSPS) is 13.5. The standard InChI is InChI=1S/C29H29ClN4O5/c1-18-4-9-21(30)14-24(18)32-10-12-33(13-11-32)27(35)20-7-5-19(6-8-20)17-34-28(36)22-15-25(38-2)26(39-3)16-23(22)31-29(34)37/h4-9,14-16H,10-13,17H2,1-3H3,(H,31,37). The van der Waals surface area contributed by atoms with E-state index in [1.165, 1.54) is 14.2 Å². The molecule has 1 N–H and O–H groups in total. The van der Waals surface area contributed by atoms with E-state index >= 15 is 0 Å². The molecule has 0 unspecified atom stereocenters. The van der Waals surface area contributed by atoms with Crippen LogP contribution in [0.4, 0.5) is 5.69 Å². The highest BCUT2D eigenvalue weighted by molar-refractivity contribution is 6.30. The molecule has 1 amide bonds. The molecular formula is C29H29ClN4O5. The van der Waals surface area contributed by atoms with Crippen LogP contribution in [-0.4, -0.2) is 60.8 Å². The molecule has 0 bridgehead atoms. The first-order valence-corrected chi connectivity index (χ1v) is 12.9. The van der Waals surface area contributed by atoms with Crippen LogP contribution in [-0.2, 0) is 6.54 Å². The molecule has 1 aromatic heterocycles. The van der Waals surface area contributed by atoms with Crippen molar-refractivity contribution in [1.29, 1.82) is 0 Å². The Balaban J connectivity index is 1.30. The number of H-pyrrole nitrogens is 1. The molecule has 10 heteroatoms. The number of aryl methyl sites for hydroxylation is 1. The SMILES string of the molecule is COc1cc2[nH]c(=O)n(Cc3ccc(C(=O)N4CCN(c5cc(Cl)ccc5C)CC4)cc3)c(=O)c2cc1OC. The number of hydrogen-bond donors (Lipinski definition) is 1. The molecular weight excluding hydrogens is 520 g/mol. The Labute approximate surface area is 230 Å². The highest BCUT2D eigenvalue weighted by atomic mass is 35.5.